The minimum Gasteiger partial charge on any atom is -0.370 e. The minimum absolute atomic E-state index is 0.196. The summed E-state index contributed by atoms with van der Waals surface area (Å²) >= 11 is 0. The zero-order chi connectivity index (χ0) is 25.6. The molecule has 1 aliphatic rings. The Labute approximate surface area is 209 Å². The molecule has 192 valence electrons. The fourth-order valence-corrected chi connectivity index (χ4v) is 4.49. The molecule has 0 spiro atoms. The van der Waals surface area contributed by atoms with Crippen LogP contribution in [-0.4, -0.2) is 51.2 Å². The van der Waals surface area contributed by atoms with Gasteiger partial charge >= 0.3 is 0 Å². The van der Waals surface area contributed by atoms with E-state index in [1.807, 2.05) is 30.3 Å². The number of unbranched alkanes of at least 4 members (excludes halogenated alkanes) is 1. The summed E-state index contributed by atoms with van der Waals surface area (Å²) in [4.78, 5) is 17.9. The van der Waals surface area contributed by atoms with Crippen LogP contribution in [0.2, 0.25) is 0 Å². The van der Waals surface area contributed by atoms with Crippen LogP contribution >= 0.6 is 0 Å². The lowest BCUT2D eigenvalue weighted by atomic mass is 9.96. The van der Waals surface area contributed by atoms with E-state index in [1.54, 1.807) is 6.07 Å². The molecule has 0 unspecified atom stereocenters. The van der Waals surface area contributed by atoms with E-state index in [2.05, 4.69) is 29.5 Å². The highest BCUT2D eigenvalue weighted by Gasteiger charge is 2.32. The van der Waals surface area contributed by atoms with Gasteiger partial charge in [0, 0.05) is 31.2 Å². The zero-order valence-corrected chi connectivity index (χ0v) is 22.0. The third-order valence-electron chi connectivity index (χ3n) is 6.74. The second kappa shape index (κ2) is 11.9. The maximum Gasteiger partial charge on any atom is 0.251 e. The first kappa shape index (κ1) is 26.9. The summed E-state index contributed by atoms with van der Waals surface area (Å²) in [6.07, 6.45) is 5.69. The average molecular weight is 502 g/mol. The SMILES string of the molecule is CCCC[C@H](N)[C@H](Cc1ccccc1)NC(=O)c1cc(NC[C@H]2C[C@@H]2C)nc(N(C)S(C)(=O)=O)c1. The standard InChI is InChI=1S/C26H39N5O3S/c1-5-6-12-22(27)23(14-19-10-8-7-9-11-19)29-26(32)20-15-24(28-17-21-13-18(21)2)30-25(16-20)31(3)35(4,33)34/h7-11,15-16,18,21-23H,5-6,12-14,17,27H2,1-4H3,(H,28,30)(H,29,32)/t18-,21+,22-,23-/m0/s1. The molecule has 1 aromatic heterocycles. The van der Waals surface area contributed by atoms with E-state index in [4.69, 9.17) is 5.73 Å². The summed E-state index contributed by atoms with van der Waals surface area (Å²) < 4.78 is 25.4. The number of rotatable bonds is 13. The normalized spacial score (nSPS) is 19.0. The van der Waals surface area contributed by atoms with E-state index < -0.39 is 10.0 Å². The molecule has 0 saturated heterocycles. The molecule has 35 heavy (non-hydrogen) atoms. The predicted molar refractivity (Wildman–Crippen MR) is 142 cm³/mol. The van der Waals surface area contributed by atoms with Crippen LogP contribution in [0.15, 0.2) is 42.5 Å². The van der Waals surface area contributed by atoms with Gasteiger partial charge in [-0.3, -0.25) is 9.10 Å². The Bertz CT molecular complexity index is 1090. The lowest BCUT2D eigenvalue weighted by molar-refractivity contribution is 0.0929. The summed E-state index contributed by atoms with van der Waals surface area (Å²) in [5.74, 6) is 1.61. The molecule has 0 radical (unpaired) electrons. The van der Waals surface area contributed by atoms with Crippen molar-refractivity contribution in [3.8, 4) is 0 Å². The Hall–Kier alpha value is -2.65. The average Bonchev–Trinajstić information content (AvgIpc) is 3.54. The van der Waals surface area contributed by atoms with Crippen LogP contribution in [0.4, 0.5) is 11.6 Å². The number of aromatic nitrogens is 1. The lowest BCUT2D eigenvalue weighted by Gasteiger charge is -2.26. The minimum atomic E-state index is -3.54. The number of nitrogens with one attached hydrogen (secondary N) is 2. The number of nitrogens with two attached hydrogens (primary N) is 1. The lowest BCUT2D eigenvalue weighted by Crippen LogP contribution is -2.49. The van der Waals surface area contributed by atoms with Gasteiger partial charge in [0.1, 0.15) is 11.6 Å². The zero-order valence-electron chi connectivity index (χ0n) is 21.2. The van der Waals surface area contributed by atoms with E-state index in [1.165, 1.54) is 13.1 Å². The van der Waals surface area contributed by atoms with Gasteiger partial charge in [-0.05, 0) is 48.8 Å². The molecule has 4 N–H and O–H groups in total. The number of sulfonamides is 1. The molecule has 1 amide bonds. The third-order valence-corrected chi connectivity index (χ3v) is 7.92. The first-order valence-electron chi connectivity index (χ1n) is 12.4. The van der Waals surface area contributed by atoms with Crippen LogP contribution in [-0.2, 0) is 16.4 Å². The maximum absolute atomic E-state index is 13.4. The molecule has 1 aliphatic carbocycles. The summed E-state index contributed by atoms with van der Waals surface area (Å²) in [6.45, 7) is 5.05. The predicted octanol–water partition coefficient (Wildman–Crippen LogP) is 3.40. The van der Waals surface area contributed by atoms with Gasteiger partial charge in [-0.15, -0.1) is 0 Å². The Morgan fingerprint density at radius 1 is 1.26 bits per heavy atom. The van der Waals surface area contributed by atoms with Crippen molar-refractivity contribution in [3.05, 3.63) is 53.6 Å². The number of hydrogen-bond donors (Lipinski definition) is 3. The molecule has 2 aromatic rings. The van der Waals surface area contributed by atoms with Crippen molar-refractivity contribution in [2.45, 2.75) is 58.0 Å². The van der Waals surface area contributed by atoms with Crippen molar-refractivity contribution in [2.24, 2.45) is 17.6 Å². The summed E-state index contributed by atoms with van der Waals surface area (Å²) in [5, 5.41) is 6.40. The number of nitrogens with zero attached hydrogens (tertiary/aromatic N) is 2. The van der Waals surface area contributed by atoms with Crippen molar-refractivity contribution in [1.29, 1.82) is 0 Å². The quantitative estimate of drug-likeness (QED) is 0.387. The number of benzene rings is 1. The first-order valence-corrected chi connectivity index (χ1v) is 14.2. The highest BCUT2D eigenvalue weighted by Crippen LogP contribution is 2.37. The molecular weight excluding hydrogens is 462 g/mol. The van der Waals surface area contributed by atoms with Gasteiger partial charge in [0.25, 0.3) is 5.91 Å². The molecule has 1 heterocycles. The van der Waals surface area contributed by atoms with Crippen molar-refractivity contribution >= 4 is 27.6 Å². The van der Waals surface area contributed by atoms with E-state index >= 15 is 0 Å². The maximum atomic E-state index is 13.4. The molecule has 9 heteroatoms. The van der Waals surface area contributed by atoms with E-state index in [0.717, 1.165) is 48.4 Å². The van der Waals surface area contributed by atoms with Gasteiger partial charge in [0.05, 0.1) is 6.26 Å². The molecule has 0 bridgehead atoms. The number of pyridine rings is 1. The summed E-state index contributed by atoms with van der Waals surface area (Å²) in [5.41, 5.74) is 7.96. The molecule has 4 atom stereocenters. The van der Waals surface area contributed by atoms with E-state index in [0.29, 0.717) is 29.6 Å². The molecule has 0 aliphatic heterocycles. The molecule has 8 nitrogen and oxygen atoms in total. The molecular formula is C26H39N5O3S. The van der Waals surface area contributed by atoms with Gasteiger partial charge in [0.2, 0.25) is 10.0 Å². The van der Waals surface area contributed by atoms with Crippen LogP contribution in [0.5, 0.6) is 0 Å². The fraction of sp³-hybridized carbons (Fsp3) is 0.538. The van der Waals surface area contributed by atoms with Gasteiger partial charge < -0.3 is 16.4 Å². The van der Waals surface area contributed by atoms with Crippen LogP contribution in [0.25, 0.3) is 0 Å². The summed E-state index contributed by atoms with van der Waals surface area (Å²) in [7, 11) is -2.10. The van der Waals surface area contributed by atoms with Gasteiger partial charge in [-0.25, -0.2) is 13.4 Å². The van der Waals surface area contributed by atoms with Gasteiger partial charge in [-0.2, -0.15) is 0 Å². The van der Waals surface area contributed by atoms with E-state index in [9.17, 15) is 13.2 Å². The molecule has 1 fully saturated rings. The second-order valence-electron chi connectivity index (χ2n) is 9.76. The summed E-state index contributed by atoms with van der Waals surface area (Å²) in [6, 6.07) is 12.7. The number of amides is 1. The topological polar surface area (TPSA) is 117 Å². The Balaban J connectivity index is 1.85. The van der Waals surface area contributed by atoms with Crippen LogP contribution in [0.3, 0.4) is 0 Å². The smallest absolute Gasteiger partial charge is 0.251 e. The Kier molecular flexibility index (Phi) is 9.13. The first-order chi connectivity index (χ1) is 16.6. The Morgan fingerprint density at radius 2 is 1.94 bits per heavy atom. The van der Waals surface area contributed by atoms with Crippen molar-refractivity contribution in [2.75, 3.05) is 29.5 Å². The third kappa shape index (κ3) is 7.93. The second-order valence-corrected chi connectivity index (χ2v) is 11.8. The van der Waals surface area contributed by atoms with Gasteiger partial charge in [-0.1, -0.05) is 57.0 Å². The number of hydrogen-bond acceptors (Lipinski definition) is 6. The van der Waals surface area contributed by atoms with Crippen LogP contribution in [0.1, 0.15) is 55.5 Å². The van der Waals surface area contributed by atoms with Crippen molar-refractivity contribution < 1.29 is 13.2 Å². The largest absolute Gasteiger partial charge is 0.370 e. The van der Waals surface area contributed by atoms with Crippen LogP contribution < -0.4 is 20.7 Å². The molecule has 3 rings (SSSR count). The van der Waals surface area contributed by atoms with Gasteiger partial charge in [0.15, 0.2) is 0 Å². The van der Waals surface area contributed by atoms with E-state index in [-0.39, 0.29) is 23.8 Å². The number of carbonyl (C=O) groups is 1. The number of carbonyl (C=O) groups excluding carboxylic acids is 1. The Morgan fingerprint density at radius 3 is 2.54 bits per heavy atom. The highest BCUT2D eigenvalue weighted by atomic mass is 32.2. The van der Waals surface area contributed by atoms with Crippen molar-refractivity contribution in [1.82, 2.24) is 10.3 Å². The monoisotopic (exact) mass is 501 g/mol. The van der Waals surface area contributed by atoms with Crippen LogP contribution in [0, 0.1) is 11.8 Å². The molecule has 1 saturated carbocycles. The number of anilines is 2. The van der Waals surface area contributed by atoms with Crippen molar-refractivity contribution in [3.63, 3.8) is 0 Å². The fourth-order valence-electron chi connectivity index (χ4n) is 4.06. The molecule has 1 aromatic carbocycles. The highest BCUT2D eigenvalue weighted by molar-refractivity contribution is 7.92.